The molecule has 1 aliphatic carbocycles. The lowest BCUT2D eigenvalue weighted by atomic mass is 9.68. The number of fused-ring (bicyclic) bond motifs is 1. The zero-order valence-corrected chi connectivity index (χ0v) is 18.3. The number of ether oxygens (including phenoxy) is 5. The van der Waals surface area contributed by atoms with E-state index in [-0.39, 0.29) is 40.2 Å². The third-order valence-corrected chi connectivity index (χ3v) is 5.84. The number of esters is 1. The average molecular weight is 453 g/mol. The van der Waals surface area contributed by atoms with Gasteiger partial charge in [-0.2, -0.15) is 0 Å². The third kappa shape index (κ3) is 3.15. The SMILES string of the molecule is CCOC(=O)C(=O)C1C(=O)C=C(OC)C2(Oc3c(Cl)c(OC)cc(OC)c3C2=O)C1C. The zero-order chi connectivity index (χ0) is 23.1. The Kier molecular flexibility index (Phi) is 6.00. The van der Waals surface area contributed by atoms with Crippen LogP contribution >= 0.6 is 11.6 Å². The van der Waals surface area contributed by atoms with E-state index in [1.165, 1.54) is 41.2 Å². The van der Waals surface area contributed by atoms with Crippen LogP contribution in [0, 0.1) is 11.8 Å². The highest BCUT2D eigenvalue weighted by molar-refractivity contribution is 6.40. The van der Waals surface area contributed by atoms with Gasteiger partial charge in [0.1, 0.15) is 22.1 Å². The Morgan fingerprint density at radius 3 is 2.32 bits per heavy atom. The fourth-order valence-electron chi connectivity index (χ4n) is 3.99. The summed E-state index contributed by atoms with van der Waals surface area (Å²) in [6.07, 6.45) is 0.989. The number of halogens is 1. The molecule has 1 aromatic carbocycles. The molecule has 31 heavy (non-hydrogen) atoms. The summed E-state index contributed by atoms with van der Waals surface area (Å²) in [6.45, 7) is 2.94. The largest absolute Gasteiger partial charge is 0.496 e. The molecule has 0 aromatic heterocycles. The number of rotatable bonds is 6. The average Bonchev–Trinajstić information content (AvgIpc) is 3.06. The third-order valence-electron chi connectivity index (χ3n) is 5.48. The molecular weight excluding hydrogens is 432 g/mol. The molecule has 0 saturated heterocycles. The van der Waals surface area contributed by atoms with Gasteiger partial charge in [-0.25, -0.2) is 4.79 Å². The number of allylic oxidation sites excluding steroid dienone is 1. The zero-order valence-electron chi connectivity index (χ0n) is 17.6. The number of ketones is 3. The van der Waals surface area contributed by atoms with Gasteiger partial charge in [-0.15, -0.1) is 0 Å². The molecule has 0 saturated carbocycles. The molecule has 3 unspecified atom stereocenters. The molecule has 166 valence electrons. The van der Waals surface area contributed by atoms with Crippen LogP contribution in [-0.2, 0) is 23.9 Å². The van der Waals surface area contributed by atoms with E-state index in [4.69, 9.17) is 35.3 Å². The van der Waals surface area contributed by atoms with E-state index in [0.717, 1.165) is 6.08 Å². The van der Waals surface area contributed by atoms with Gasteiger partial charge in [0.2, 0.25) is 11.4 Å². The van der Waals surface area contributed by atoms with Crippen molar-refractivity contribution in [2.75, 3.05) is 27.9 Å². The van der Waals surface area contributed by atoms with Crippen LogP contribution in [-0.4, -0.2) is 56.9 Å². The topological polar surface area (TPSA) is 114 Å². The molecule has 0 radical (unpaired) electrons. The van der Waals surface area contributed by atoms with E-state index in [9.17, 15) is 19.2 Å². The molecule has 2 aliphatic rings. The molecule has 3 rings (SSSR count). The van der Waals surface area contributed by atoms with Crippen molar-refractivity contribution >= 4 is 34.9 Å². The first-order valence-corrected chi connectivity index (χ1v) is 9.76. The van der Waals surface area contributed by atoms with E-state index in [1.807, 2.05) is 0 Å². The number of methoxy groups -OCH3 is 3. The van der Waals surface area contributed by atoms with Gasteiger partial charge in [0, 0.05) is 18.1 Å². The maximum absolute atomic E-state index is 13.7. The number of benzene rings is 1. The van der Waals surface area contributed by atoms with Gasteiger partial charge in [-0.3, -0.25) is 14.4 Å². The van der Waals surface area contributed by atoms with E-state index in [1.54, 1.807) is 0 Å². The summed E-state index contributed by atoms with van der Waals surface area (Å²) >= 11 is 6.38. The summed E-state index contributed by atoms with van der Waals surface area (Å²) < 4.78 is 26.7. The number of carbonyl (C=O) groups excluding carboxylic acids is 4. The number of carbonyl (C=O) groups is 4. The van der Waals surface area contributed by atoms with E-state index >= 15 is 0 Å². The van der Waals surface area contributed by atoms with Gasteiger partial charge in [-0.1, -0.05) is 18.5 Å². The van der Waals surface area contributed by atoms with Crippen molar-refractivity contribution in [2.45, 2.75) is 19.4 Å². The van der Waals surface area contributed by atoms with E-state index in [2.05, 4.69) is 0 Å². The van der Waals surface area contributed by atoms with Gasteiger partial charge in [0.05, 0.1) is 33.9 Å². The Morgan fingerprint density at radius 2 is 1.77 bits per heavy atom. The quantitative estimate of drug-likeness (QED) is 0.363. The molecule has 0 N–H and O–H groups in total. The Hall–Kier alpha value is -3.07. The molecule has 9 nitrogen and oxygen atoms in total. The smallest absolute Gasteiger partial charge is 0.375 e. The summed E-state index contributed by atoms with van der Waals surface area (Å²) in [6, 6.07) is 1.43. The highest BCUT2D eigenvalue weighted by Gasteiger charge is 2.64. The predicted molar refractivity (Wildman–Crippen MR) is 107 cm³/mol. The first-order valence-electron chi connectivity index (χ1n) is 9.38. The molecule has 3 atom stereocenters. The van der Waals surface area contributed by atoms with Crippen LogP contribution in [0.25, 0.3) is 0 Å². The first kappa shape index (κ1) is 22.6. The molecule has 0 amide bonds. The minimum Gasteiger partial charge on any atom is -0.496 e. The Labute approximate surface area is 183 Å². The maximum atomic E-state index is 13.7. The van der Waals surface area contributed by atoms with Crippen LogP contribution in [0.3, 0.4) is 0 Å². The fraction of sp³-hybridized carbons (Fsp3) is 0.429. The van der Waals surface area contributed by atoms with E-state index in [0.29, 0.717) is 0 Å². The molecule has 10 heteroatoms. The Balaban J connectivity index is 2.21. The molecule has 1 heterocycles. The minimum absolute atomic E-state index is 0.0105. The van der Waals surface area contributed by atoms with Crippen LogP contribution in [0.15, 0.2) is 17.9 Å². The van der Waals surface area contributed by atoms with Crippen molar-refractivity contribution in [1.29, 1.82) is 0 Å². The first-order chi connectivity index (χ1) is 14.7. The minimum atomic E-state index is -1.92. The summed E-state index contributed by atoms with van der Waals surface area (Å²) in [7, 11) is 4.01. The van der Waals surface area contributed by atoms with Crippen LogP contribution < -0.4 is 14.2 Å². The number of Topliss-reactive ketones (excluding diaryl/α,β-unsaturated/α-hetero) is 2. The molecular formula is C21H21ClO9. The fourth-order valence-corrected chi connectivity index (χ4v) is 4.26. The summed E-state index contributed by atoms with van der Waals surface area (Å²) in [5.74, 6) is -6.02. The van der Waals surface area contributed by atoms with Gasteiger partial charge in [0.15, 0.2) is 17.3 Å². The number of hydrogen-bond acceptors (Lipinski definition) is 9. The van der Waals surface area contributed by atoms with Crippen LogP contribution in [0.2, 0.25) is 5.02 Å². The highest BCUT2D eigenvalue weighted by atomic mass is 35.5. The van der Waals surface area contributed by atoms with Crippen molar-refractivity contribution in [1.82, 2.24) is 0 Å². The second-order valence-corrected chi connectivity index (χ2v) is 7.31. The maximum Gasteiger partial charge on any atom is 0.375 e. The molecule has 1 aliphatic heterocycles. The van der Waals surface area contributed by atoms with Crippen molar-refractivity contribution in [3.8, 4) is 17.2 Å². The highest BCUT2D eigenvalue weighted by Crippen LogP contribution is 2.55. The molecule has 0 fully saturated rings. The van der Waals surface area contributed by atoms with Gasteiger partial charge < -0.3 is 23.7 Å². The summed E-state index contributed by atoms with van der Waals surface area (Å²) in [5.41, 5.74) is -1.90. The summed E-state index contributed by atoms with van der Waals surface area (Å²) in [5, 5.41) is 0.0105. The Morgan fingerprint density at radius 1 is 1.13 bits per heavy atom. The lowest BCUT2D eigenvalue weighted by Gasteiger charge is -2.39. The monoisotopic (exact) mass is 452 g/mol. The lowest BCUT2D eigenvalue weighted by Crippen LogP contribution is -2.57. The van der Waals surface area contributed by atoms with Crippen LogP contribution in [0.1, 0.15) is 24.2 Å². The number of hydrogen-bond donors (Lipinski definition) is 0. The van der Waals surface area contributed by atoms with Crippen molar-refractivity contribution in [3.63, 3.8) is 0 Å². The van der Waals surface area contributed by atoms with Gasteiger partial charge in [0.25, 0.3) is 5.78 Å². The van der Waals surface area contributed by atoms with Crippen LogP contribution in [0.5, 0.6) is 17.2 Å². The van der Waals surface area contributed by atoms with Gasteiger partial charge >= 0.3 is 5.97 Å². The lowest BCUT2D eigenvalue weighted by molar-refractivity contribution is -0.159. The summed E-state index contributed by atoms with van der Waals surface area (Å²) in [4.78, 5) is 51.2. The standard InChI is InChI=1S/C21H21ClO9/c1-6-30-20(26)17(24)14-9(2)21(13(29-5)7-10(14)23)19(25)15-11(27-3)8-12(28-4)16(22)18(15)31-21/h7-9,14H,6H2,1-5H3. The predicted octanol–water partition coefficient (Wildman–Crippen LogP) is 2.17. The van der Waals surface area contributed by atoms with Gasteiger partial charge in [-0.05, 0) is 6.92 Å². The van der Waals surface area contributed by atoms with Crippen molar-refractivity contribution in [2.24, 2.45) is 11.8 Å². The molecule has 1 spiro atoms. The van der Waals surface area contributed by atoms with Crippen LogP contribution in [0.4, 0.5) is 0 Å². The second-order valence-electron chi connectivity index (χ2n) is 6.93. The van der Waals surface area contributed by atoms with Crippen molar-refractivity contribution < 1.29 is 42.9 Å². The molecule has 1 aromatic rings. The van der Waals surface area contributed by atoms with E-state index < -0.39 is 40.8 Å². The Bertz CT molecular complexity index is 1010. The second kappa shape index (κ2) is 8.22. The normalized spacial score (nSPS) is 24.3. The molecule has 0 bridgehead atoms. The van der Waals surface area contributed by atoms with Crippen molar-refractivity contribution in [3.05, 3.63) is 28.5 Å².